The van der Waals surface area contributed by atoms with Crippen molar-refractivity contribution in [3.63, 3.8) is 0 Å². The molecule has 0 aromatic heterocycles. The maximum Gasteiger partial charge on any atom is 0.233 e. The highest BCUT2D eigenvalue weighted by atomic mass is 32.1. The Hall–Kier alpha value is -0.640. The SMILES string of the molecule is CC1CC(C(=O)NCC(C)C(C)C)(C(N)=S)C1. The van der Waals surface area contributed by atoms with Crippen molar-refractivity contribution in [3.8, 4) is 0 Å². The topological polar surface area (TPSA) is 55.1 Å². The lowest BCUT2D eigenvalue weighted by molar-refractivity contribution is -0.133. The van der Waals surface area contributed by atoms with E-state index in [1.807, 2.05) is 0 Å². The molecule has 0 saturated heterocycles. The standard InChI is InChI=1S/C13H24N2OS/c1-8(2)10(4)7-15-12(16)13(11(14)17)5-9(3)6-13/h8-10H,5-7H2,1-4H3,(H2,14,17)(H,15,16). The summed E-state index contributed by atoms with van der Waals surface area (Å²) < 4.78 is 0. The second-order valence-electron chi connectivity index (χ2n) is 5.89. The largest absolute Gasteiger partial charge is 0.392 e. The number of carbonyl (C=O) groups excluding carboxylic acids is 1. The molecule has 3 N–H and O–H groups in total. The lowest BCUT2D eigenvalue weighted by Gasteiger charge is -2.44. The van der Waals surface area contributed by atoms with E-state index in [-0.39, 0.29) is 5.91 Å². The molecule has 1 rings (SSSR count). The molecule has 1 aliphatic carbocycles. The number of rotatable bonds is 5. The third-order valence-corrected chi connectivity index (χ3v) is 4.41. The highest BCUT2D eigenvalue weighted by Gasteiger charge is 2.50. The van der Waals surface area contributed by atoms with Crippen LogP contribution in [0.3, 0.4) is 0 Å². The third-order valence-electron chi connectivity index (χ3n) is 4.02. The van der Waals surface area contributed by atoms with Crippen molar-refractivity contribution in [2.24, 2.45) is 28.9 Å². The molecule has 1 aliphatic rings. The van der Waals surface area contributed by atoms with Crippen LogP contribution in [-0.4, -0.2) is 17.4 Å². The average molecular weight is 256 g/mol. The van der Waals surface area contributed by atoms with Gasteiger partial charge in [0.25, 0.3) is 0 Å². The van der Waals surface area contributed by atoms with E-state index in [4.69, 9.17) is 18.0 Å². The predicted molar refractivity (Wildman–Crippen MR) is 74.6 cm³/mol. The summed E-state index contributed by atoms with van der Waals surface area (Å²) in [5.74, 6) is 1.61. The Balaban J connectivity index is 2.54. The van der Waals surface area contributed by atoms with Crippen LogP contribution in [0.25, 0.3) is 0 Å². The van der Waals surface area contributed by atoms with Crippen molar-refractivity contribution in [1.82, 2.24) is 5.32 Å². The highest BCUT2D eigenvalue weighted by molar-refractivity contribution is 7.80. The van der Waals surface area contributed by atoms with Crippen molar-refractivity contribution >= 4 is 23.1 Å². The third kappa shape index (κ3) is 2.97. The van der Waals surface area contributed by atoms with Gasteiger partial charge in [-0.1, -0.05) is 39.9 Å². The molecule has 17 heavy (non-hydrogen) atoms. The van der Waals surface area contributed by atoms with Gasteiger partial charge in [-0.05, 0) is 30.6 Å². The van der Waals surface area contributed by atoms with Crippen LogP contribution in [-0.2, 0) is 4.79 Å². The van der Waals surface area contributed by atoms with Crippen LogP contribution in [0.1, 0.15) is 40.5 Å². The van der Waals surface area contributed by atoms with Crippen LogP contribution in [0.5, 0.6) is 0 Å². The van der Waals surface area contributed by atoms with E-state index in [1.54, 1.807) is 0 Å². The first-order valence-electron chi connectivity index (χ1n) is 6.38. The quantitative estimate of drug-likeness (QED) is 0.741. The zero-order valence-electron chi connectivity index (χ0n) is 11.2. The van der Waals surface area contributed by atoms with Crippen molar-refractivity contribution in [3.05, 3.63) is 0 Å². The first-order valence-corrected chi connectivity index (χ1v) is 6.78. The molecule has 1 amide bonds. The van der Waals surface area contributed by atoms with Gasteiger partial charge >= 0.3 is 0 Å². The van der Waals surface area contributed by atoms with Crippen molar-refractivity contribution in [1.29, 1.82) is 0 Å². The zero-order valence-corrected chi connectivity index (χ0v) is 12.1. The summed E-state index contributed by atoms with van der Waals surface area (Å²) in [6.07, 6.45) is 1.59. The molecule has 0 bridgehead atoms. The molecule has 98 valence electrons. The molecule has 0 aromatic carbocycles. The normalized spacial score (nSPS) is 29.6. The van der Waals surface area contributed by atoms with Crippen LogP contribution >= 0.6 is 12.2 Å². The predicted octanol–water partition coefficient (Wildman–Crippen LogP) is 2.10. The van der Waals surface area contributed by atoms with Gasteiger partial charge in [0.2, 0.25) is 5.91 Å². The van der Waals surface area contributed by atoms with Crippen LogP contribution in [0, 0.1) is 23.2 Å². The lowest BCUT2D eigenvalue weighted by atomic mass is 9.62. The molecular formula is C13H24N2OS. The second kappa shape index (κ2) is 5.34. The molecular weight excluding hydrogens is 232 g/mol. The van der Waals surface area contributed by atoms with Crippen molar-refractivity contribution in [2.45, 2.75) is 40.5 Å². The Bertz CT molecular complexity index is 309. The molecule has 1 unspecified atom stereocenters. The summed E-state index contributed by atoms with van der Waals surface area (Å²) in [4.78, 5) is 12.5. The highest BCUT2D eigenvalue weighted by Crippen LogP contribution is 2.45. The van der Waals surface area contributed by atoms with Crippen molar-refractivity contribution < 1.29 is 4.79 Å². The van der Waals surface area contributed by atoms with E-state index in [2.05, 4.69) is 33.0 Å². The Labute approximate surface area is 110 Å². The van der Waals surface area contributed by atoms with Gasteiger partial charge in [0.15, 0.2) is 0 Å². The summed E-state index contributed by atoms with van der Waals surface area (Å²) in [6, 6.07) is 0. The number of carbonyl (C=O) groups is 1. The first-order chi connectivity index (χ1) is 7.79. The summed E-state index contributed by atoms with van der Waals surface area (Å²) in [5.41, 5.74) is 5.17. The fourth-order valence-corrected chi connectivity index (χ4v) is 2.55. The monoisotopic (exact) mass is 256 g/mol. The number of nitrogens with two attached hydrogens (primary N) is 1. The number of nitrogens with one attached hydrogen (secondary N) is 1. The Morgan fingerprint density at radius 2 is 2.00 bits per heavy atom. The van der Waals surface area contributed by atoms with Gasteiger partial charge < -0.3 is 11.1 Å². The van der Waals surface area contributed by atoms with Gasteiger partial charge in [-0.25, -0.2) is 0 Å². The molecule has 0 radical (unpaired) electrons. The number of thiocarbonyl (C=S) groups is 1. The number of hydrogen-bond acceptors (Lipinski definition) is 2. The van der Waals surface area contributed by atoms with Gasteiger partial charge in [-0.3, -0.25) is 4.79 Å². The van der Waals surface area contributed by atoms with E-state index in [9.17, 15) is 4.79 Å². The Morgan fingerprint density at radius 1 is 1.47 bits per heavy atom. The van der Waals surface area contributed by atoms with E-state index in [0.29, 0.717) is 29.3 Å². The van der Waals surface area contributed by atoms with E-state index < -0.39 is 5.41 Å². The minimum atomic E-state index is -0.564. The molecule has 1 fully saturated rings. The van der Waals surface area contributed by atoms with Gasteiger partial charge in [-0.15, -0.1) is 0 Å². The minimum Gasteiger partial charge on any atom is -0.392 e. The molecule has 0 aromatic rings. The number of hydrogen-bond donors (Lipinski definition) is 2. The van der Waals surface area contributed by atoms with Crippen LogP contribution in [0.15, 0.2) is 0 Å². The summed E-state index contributed by atoms with van der Waals surface area (Å²) in [7, 11) is 0. The maximum atomic E-state index is 12.2. The fraction of sp³-hybridized carbons (Fsp3) is 0.846. The molecule has 4 heteroatoms. The van der Waals surface area contributed by atoms with E-state index >= 15 is 0 Å². The summed E-state index contributed by atoms with van der Waals surface area (Å²) in [6.45, 7) is 9.29. The molecule has 1 atom stereocenters. The van der Waals surface area contributed by atoms with E-state index in [1.165, 1.54) is 0 Å². The lowest BCUT2D eigenvalue weighted by Crippen LogP contribution is -2.56. The molecule has 0 aliphatic heterocycles. The minimum absolute atomic E-state index is 0.0237. The Morgan fingerprint density at radius 3 is 2.35 bits per heavy atom. The fourth-order valence-electron chi connectivity index (χ4n) is 2.29. The van der Waals surface area contributed by atoms with Crippen LogP contribution < -0.4 is 11.1 Å². The van der Waals surface area contributed by atoms with Gasteiger partial charge in [0.1, 0.15) is 0 Å². The molecule has 0 spiro atoms. The maximum absolute atomic E-state index is 12.2. The van der Waals surface area contributed by atoms with Crippen LogP contribution in [0.2, 0.25) is 0 Å². The first kappa shape index (κ1) is 14.4. The molecule has 1 saturated carbocycles. The molecule has 0 heterocycles. The zero-order chi connectivity index (χ0) is 13.2. The van der Waals surface area contributed by atoms with Crippen molar-refractivity contribution in [2.75, 3.05) is 6.54 Å². The van der Waals surface area contributed by atoms with E-state index in [0.717, 1.165) is 12.8 Å². The molecule has 3 nitrogen and oxygen atoms in total. The second-order valence-corrected chi connectivity index (χ2v) is 6.33. The van der Waals surface area contributed by atoms with Crippen LogP contribution in [0.4, 0.5) is 0 Å². The average Bonchev–Trinajstić information content (AvgIpc) is 2.19. The van der Waals surface area contributed by atoms with Gasteiger partial charge in [0.05, 0.1) is 10.4 Å². The van der Waals surface area contributed by atoms with Gasteiger partial charge in [-0.2, -0.15) is 0 Å². The Kier molecular flexibility index (Phi) is 4.53. The smallest absolute Gasteiger partial charge is 0.233 e. The summed E-state index contributed by atoms with van der Waals surface area (Å²) >= 11 is 5.06. The number of amides is 1. The van der Waals surface area contributed by atoms with Gasteiger partial charge in [0, 0.05) is 6.54 Å². The summed E-state index contributed by atoms with van der Waals surface area (Å²) in [5, 5.41) is 3.00.